The van der Waals surface area contributed by atoms with Gasteiger partial charge in [0, 0.05) is 12.8 Å². The van der Waals surface area contributed by atoms with Crippen LogP contribution < -0.4 is 5.32 Å². The van der Waals surface area contributed by atoms with E-state index in [1.54, 1.807) is 6.08 Å². The quantitative estimate of drug-likeness (QED) is 0.0320. The van der Waals surface area contributed by atoms with Crippen LogP contribution in [0, 0.1) is 0 Å². The molecule has 0 aromatic carbocycles. The van der Waals surface area contributed by atoms with Gasteiger partial charge in [0.1, 0.15) is 0 Å². The molecule has 0 saturated carbocycles. The Morgan fingerprint density at radius 2 is 0.617 bits per heavy atom. The molecule has 81 heavy (non-hydrogen) atoms. The fraction of sp³-hybridized carbons (Fsp3) is 0.867. The van der Waals surface area contributed by atoms with Gasteiger partial charge in [0.05, 0.1) is 25.4 Å². The van der Waals surface area contributed by atoms with Gasteiger partial charge >= 0.3 is 5.97 Å². The fourth-order valence-electron chi connectivity index (χ4n) is 11.3. The van der Waals surface area contributed by atoms with Crippen LogP contribution in [0.4, 0.5) is 0 Å². The molecule has 0 saturated heterocycles. The maximum absolute atomic E-state index is 12.5. The summed E-state index contributed by atoms with van der Waals surface area (Å²) in [6.45, 7) is 4.92. The standard InChI is InChI=1S/C75H141NO5/c1-3-5-7-9-11-13-15-17-19-21-22-23-29-32-36-39-43-47-51-55-59-63-67-73(78)72(71-77)76-74(79)68-64-60-56-52-48-44-40-37-33-30-27-25-24-26-28-31-34-38-42-46-50-54-58-62-66-70-81-75(80)69-65-61-57-53-49-45-41-35-20-18-16-14-12-10-8-6-4-2/h18,20,25-28,63,67,72-73,77-78H,3-17,19,21-24,29-62,64-66,68-71H2,1-2H3,(H,76,79)/b20-18-,27-25-,28-26-,67-63+. The number of aliphatic hydroxyl groups is 2. The predicted molar refractivity (Wildman–Crippen MR) is 356 cm³/mol. The van der Waals surface area contributed by atoms with E-state index in [9.17, 15) is 19.8 Å². The van der Waals surface area contributed by atoms with Crippen molar-refractivity contribution in [2.45, 2.75) is 405 Å². The Bertz CT molecular complexity index is 1360. The van der Waals surface area contributed by atoms with E-state index in [4.69, 9.17) is 4.74 Å². The number of unbranched alkanes of at least 4 members (excludes halogenated alkanes) is 51. The lowest BCUT2D eigenvalue weighted by Gasteiger charge is -2.20. The van der Waals surface area contributed by atoms with Crippen molar-refractivity contribution < 1.29 is 24.5 Å². The Morgan fingerprint density at radius 3 is 0.951 bits per heavy atom. The van der Waals surface area contributed by atoms with Crippen molar-refractivity contribution in [3.63, 3.8) is 0 Å². The minimum Gasteiger partial charge on any atom is -0.466 e. The molecule has 0 aliphatic rings. The van der Waals surface area contributed by atoms with Gasteiger partial charge in [-0.1, -0.05) is 339 Å². The van der Waals surface area contributed by atoms with Gasteiger partial charge in [-0.3, -0.25) is 9.59 Å². The highest BCUT2D eigenvalue weighted by molar-refractivity contribution is 5.76. The average Bonchev–Trinajstić information content (AvgIpc) is 3.47. The van der Waals surface area contributed by atoms with E-state index in [0.29, 0.717) is 19.4 Å². The molecule has 6 heteroatoms. The van der Waals surface area contributed by atoms with E-state index < -0.39 is 12.1 Å². The number of nitrogens with one attached hydrogen (secondary N) is 1. The number of rotatable bonds is 68. The number of amides is 1. The number of aliphatic hydroxyl groups excluding tert-OH is 2. The third kappa shape index (κ3) is 66.8. The zero-order valence-electron chi connectivity index (χ0n) is 54.5. The second-order valence-corrected chi connectivity index (χ2v) is 24.9. The Kier molecular flexibility index (Phi) is 68.4. The molecule has 476 valence electrons. The molecule has 3 N–H and O–H groups in total. The van der Waals surface area contributed by atoms with Crippen molar-refractivity contribution in [1.82, 2.24) is 5.32 Å². The summed E-state index contributed by atoms with van der Waals surface area (Å²) in [5.74, 6) is -0.0653. The molecule has 2 unspecified atom stereocenters. The first-order valence-electron chi connectivity index (χ1n) is 36.4. The van der Waals surface area contributed by atoms with Crippen LogP contribution in [0.15, 0.2) is 48.6 Å². The van der Waals surface area contributed by atoms with E-state index in [0.717, 1.165) is 51.4 Å². The lowest BCUT2D eigenvalue weighted by molar-refractivity contribution is -0.143. The Labute approximate surface area is 506 Å². The molecule has 0 spiro atoms. The molecule has 1 amide bonds. The highest BCUT2D eigenvalue weighted by Crippen LogP contribution is 2.18. The Morgan fingerprint density at radius 1 is 0.346 bits per heavy atom. The highest BCUT2D eigenvalue weighted by atomic mass is 16.5. The van der Waals surface area contributed by atoms with Gasteiger partial charge < -0.3 is 20.3 Å². The molecule has 0 aliphatic heterocycles. The zero-order valence-corrected chi connectivity index (χ0v) is 54.5. The zero-order chi connectivity index (χ0) is 58.5. The highest BCUT2D eigenvalue weighted by Gasteiger charge is 2.18. The van der Waals surface area contributed by atoms with Gasteiger partial charge in [-0.05, 0) is 89.9 Å². The second kappa shape index (κ2) is 70.3. The van der Waals surface area contributed by atoms with Crippen molar-refractivity contribution in [3.05, 3.63) is 48.6 Å². The number of carbonyl (C=O) groups excluding carboxylic acids is 2. The van der Waals surface area contributed by atoms with Gasteiger partial charge in [-0.25, -0.2) is 0 Å². The minimum atomic E-state index is -0.851. The van der Waals surface area contributed by atoms with Crippen molar-refractivity contribution >= 4 is 11.9 Å². The minimum absolute atomic E-state index is 0.00559. The van der Waals surface area contributed by atoms with Gasteiger partial charge in [-0.2, -0.15) is 0 Å². The molecular formula is C75H141NO5. The van der Waals surface area contributed by atoms with Gasteiger partial charge in [0.15, 0.2) is 0 Å². The molecule has 0 radical (unpaired) electrons. The number of esters is 1. The molecule has 0 aromatic heterocycles. The van der Waals surface area contributed by atoms with Gasteiger partial charge in [0.2, 0.25) is 5.91 Å². The van der Waals surface area contributed by atoms with E-state index >= 15 is 0 Å². The van der Waals surface area contributed by atoms with E-state index in [1.165, 1.54) is 315 Å². The van der Waals surface area contributed by atoms with Crippen LogP contribution in [-0.4, -0.2) is 47.4 Å². The van der Waals surface area contributed by atoms with Crippen LogP contribution in [0.3, 0.4) is 0 Å². The van der Waals surface area contributed by atoms with Crippen LogP contribution >= 0.6 is 0 Å². The van der Waals surface area contributed by atoms with Crippen LogP contribution in [0.5, 0.6) is 0 Å². The molecule has 0 bridgehead atoms. The molecule has 2 atom stereocenters. The summed E-state index contributed by atoms with van der Waals surface area (Å²) >= 11 is 0. The summed E-state index contributed by atoms with van der Waals surface area (Å²) in [7, 11) is 0. The SMILES string of the molecule is CCCCCCCC/C=C\CCCCCCCCCC(=O)OCCCCCCCCCCC/C=C\C/C=C\CCCCCCCCCCCC(=O)NC(CO)C(O)/C=C/CCCCCCCCCCCCCCCCCCCCCC. The lowest BCUT2D eigenvalue weighted by atomic mass is 10.0. The molecule has 0 fully saturated rings. The van der Waals surface area contributed by atoms with Crippen molar-refractivity contribution in [1.29, 1.82) is 0 Å². The van der Waals surface area contributed by atoms with Crippen LogP contribution in [-0.2, 0) is 14.3 Å². The number of ether oxygens (including phenoxy) is 1. The number of allylic oxidation sites excluding steroid dienone is 7. The number of carbonyl (C=O) groups is 2. The summed E-state index contributed by atoms with van der Waals surface area (Å²) in [4.78, 5) is 24.6. The first-order chi connectivity index (χ1) is 40.0. The summed E-state index contributed by atoms with van der Waals surface area (Å²) in [6.07, 6.45) is 91.9. The first-order valence-corrected chi connectivity index (χ1v) is 36.4. The normalized spacial score (nSPS) is 12.8. The van der Waals surface area contributed by atoms with Crippen molar-refractivity contribution in [2.24, 2.45) is 0 Å². The van der Waals surface area contributed by atoms with E-state index in [2.05, 4.69) is 55.6 Å². The topological polar surface area (TPSA) is 95.9 Å². The monoisotopic (exact) mass is 1140 g/mol. The Balaban J connectivity index is 3.45. The Hall–Kier alpha value is -2.18. The van der Waals surface area contributed by atoms with Crippen LogP contribution in [0.2, 0.25) is 0 Å². The number of hydrogen-bond donors (Lipinski definition) is 3. The van der Waals surface area contributed by atoms with E-state index in [-0.39, 0.29) is 18.5 Å². The lowest BCUT2D eigenvalue weighted by Crippen LogP contribution is -2.45. The van der Waals surface area contributed by atoms with Crippen molar-refractivity contribution in [3.8, 4) is 0 Å². The summed E-state index contributed by atoms with van der Waals surface area (Å²) < 4.78 is 5.50. The number of hydrogen-bond acceptors (Lipinski definition) is 5. The van der Waals surface area contributed by atoms with Crippen LogP contribution in [0.1, 0.15) is 393 Å². The van der Waals surface area contributed by atoms with Gasteiger partial charge in [-0.15, -0.1) is 0 Å². The molecule has 0 aliphatic carbocycles. The maximum atomic E-state index is 12.5. The summed E-state index contributed by atoms with van der Waals surface area (Å²) in [5, 5.41) is 23.3. The van der Waals surface area contributed by atoms with E-state index in [1.807, 2.05) is 6.08 Å². The summed E-state index contributed by atoms with van der Waals surface area (Å²) in [5.41, 5.74) is 0. The maximum Gasteiger partial charge on any atom is 0.305 e. The molecular weight excluding hydrogens is 995 g/mol. The third-order valence-corrected chi connectivity index (χ3v) is 16.8. The molecule has 0 heterocycles. The van der Waals surface area contributed by atoms with Crippen molar-refractivity contribution in [2.75, 3.05) is 13.2 Å². The second-order valence-electron chi connectivity index (χ2n) is 24.9. The predicted octanol–water partition coefficient (Wildman–Crippen LogP) is 23.6. The third-order valence-electron chi connectivity index (χ3n) is 16.8. The molecule has 6 nitrogen and oxygen atoms in total. The summed E-state index contributed by atoms with van der Waals surface area (Å²) in [6, 6.07) is -0.635. The smallest absolute Gasteiger partial charge is 0.305 e. The first kappa shape index (κ1) is 78.8. The molecule has 0 rings (SSSR count). The average molecular weight is 1140 g/mol. The van der Waals surface area contributed by atoms with Crippen LogP contribution in [0.25, 0.3) is 0 Å². The molecule has 0 aromatic rings. The largest absolute Gasteiger partial charge is 0.466 e. The van der Waals surface area contributed by atoms with Gasteiger partial charge in [0.25, 0.3) is 0 Å². The fourth-order valence-corrected chi connectivity index (χ4v) is 11.3.